The summed E-state index contributed by atoms with van der Waals surface area (Å²) in [5, 5.41) is 0. The first-order valence-electron chi connectivity index (χ1n) is 4.44. The van der Waals surface area contributed by atoms with Crippen LogP contribution in [-0.2, 0) is 14.8 Å². The van der Waals surface area contributed by atoms with Crippen molar-refractivity contribution in [1.29, 1.82) is 0 Å². The van der Waals surface area contributed by atoms with Gasteiger partial charge >= 0.3 is 0 Å². The molecule has 0 spiro atoms. The second-order valence-corrected chi connectivity index (χ2v) is 7.10. The Balaban J connectivity index is 2.85. The molecule has 0 unspecified atom stereocenters. The first kappa shape index (κ1) is 11.5. The minimum atomic E-state index is -3.49. The molecule has 6 heteroatoms. The predicted octanol–water partition coefficient (Wildman–Crippen LogP) is -0.278. The largest absolute Gasteiger partial charge is 0.368 e. The molecule has 0 heterocycles. The zero-order valence-electron chi connectivity index (χ0n) is 8.62. The van der Waals surface area contributed by atoms with Crippen LogP contribution in [0.1, 0.15) is 33.6 Å². The fraction of sp³-hybridized carbons (Fsp3) is 0.875. The standard InChI is InChI=1S/C8H16N2O3S/c1-7(2,3)14(12,13)10-8(4-5-8)6(9)11/h10H,4-5H2,1-3H3,(H2,9,11). The fourth-order valence-corrected chi connectivity index (χ4v) is 2.06. The summed E-state index contributed by atoms with van der Waals surface area (Å²) >= 11 is 0. The summed E-state index contributed by atoms with van der Waals surface area (Å²) in [4.78, 5) is 11.0. The van der Waals surface area contributed by atoms with Gasteiger partial charge in [0, 0.05) is 0 Å². The van der Waals surface area contributed by atoms with E-state index in [4.69, 9.17) is 5.73 Å². The van der Waals surface area contributed by atoms with Crippen LogP contribution in [-0.4, -0.2) is 24.6 Å². The number of nitrogens with two attached hydrogens (primary N) is 1. The van der Waals surface area contributed by atoms with Crippen molar-refractivity contribution in [1.82, 2.24) is 4.72 Å². The van der Waals surface area contributed by atoms with E-state index >= 15 is 0 Å². The van der Waals surface area contributed by atoms with Crippen LogP contribution < -0.4 is 10.5 Å². The van der Waals surface area contributed by atoms with Crippen LogP contribution in [0.4, 0.5) is 0 Å². The van der Waals surface area contributed by atoms with Crippen LogP contribution in [0, 0.1) is 0 Å². The first-order valence-corrected chi connectivity index (χ1v) is 5.92. The summed E-state index contributed by atoms with van der Waals surface area (Å²) in [6.07, 6.45) is 0.995. The Bertz CT molecular complexity index is 349. The molecule has 0 aromatic heterocycles. The fourth-order valence-electron chi connectivity index (χ4n) is 0.934. The number of hydrogen-bond acceptors (Lipinski definition) is 3. The van der Waals surface area contributed by atoms with Gasteiger partial charge in [0.05, 0.1) is 4.75 Å². The molecule has 0 atom stereocenters. The van der Waals surface area contributed by atoms with E-state index in [0.29, 0.717) is 12.8 Å². The van der Waals surface area contributed by atoms with Crippen LogP contribution >= 0.6 is 0 Å². The molecule has 0 radical (unpaired) electrons. The second-order valence-electron chi connectivity index (χ2n) is 4.66. The van der Waals surface area contributed by atoms with Gasteiger partial charge in [0.25, 0.3) is 0 Å². The van der Waals surface area contributed by atoms with Gasteiger partial charge in [-0.1, -0.05) is 0 Å². The average Bonchev–Trinajstić information content (AvgIpc) is 2.65. The molecule has 5 nitrogen and oxygen atoms in total. The summed E-state index contributed by atoms with van der Waals surface area (Å²) in [6, 6.07) is 0. The summed E-state index contributed by atoms with van der Waals surface area (Å²) in [5.74, 6) is -0.592. The predicted molar refractivity (Wildman–Crippen MR) is 53.0 cm³/mol. The smallest absolute Gasteiger partial charge is 0.238 e. The molecule has 0 aliphatic heterocycles. The lowest BCUT2D eigenvalue weighted by molar-refractivity contribution is -0.120. The molecule has 1 aliphatic carbocycles. The maximum absolute atomic E-state index is 11.7. The van der Waals surface area contributed by atoms with Gasteiger partial charge in [0.2, 0.25) is 15.9 Å². The van der Waals surface area contributed by atoms with Gasteiger partial charge in [-0.25, -0.2) is 8.42 Å². The Hall–Kier alpha value is -0.620. The number of primary amides is 1. The highest BCUT2D eigenvalue weighted by Crippen LogP contribution is 2.36. The number of hydrogen-bond donors (Lipinski definition) is 2. The van der Waals surface area contributed by atoms with Crippen molar-refractivity contribution in [3.05, 3.63) is 0 Å². The highest BCUT2D eigenvalue weighted by molar-refractivity contribution is 7.90. The summed E-state index contributed by atoms with van der Waals surface area (Å²) < 4.78 is 24.8. The third-order valence-corrected chi connectivity index (χ3v) is 4.63. The number of sulfonamides is 1. The Labute approximate surface area is 84.1 Å². The van der Waals surface area contributed by atoms with E-state index < -0.39 is 26.2 Å². The average molecular weight is 220 g/mol. The molecule has 1 saturated carbocycles. The van der Waals surface area contributed by atoms with Gasteiger partial charge in [0.15, 0.2) is 0 Å². The van der Waals surface area contributed by atoms with E-state index in [1.54, 1.807) is 20.8 Å². The monoisotopic (exact) mass is 220 g/mol. The minimum Gasteiger partial charge on any atom is -0.368 e. The van der Waals surface area contributed by atoms with Crippen molar-refractivity contribution >= 4 is 15.9 Å². The van der Waals surface area contributed by atoms with Gasteiger partial charge in [-0.3, -0.25) is 4.79 Å². The van der Waals surface area contributed by atoms with Gasteiger partial charge in [-0.2, -0.15) is 4.72 Å². The lowest BCUT2D eigenvalue weighted by Crippen LogP contribution is -2.51. The first-order chi connectivity index (χ1) is 6.11. The molecule has 0 saturated heterocycles. The van der Waals surface area contributed by atoms with E-state index in [0.717, 1.165) is 0 Å². The number of amides is 1. The van der Waals surface area contributed by atoms with Crippen LogP contribution in [0.2, 0.25) is 0 Å². The van der Waals surface area contributed by atoms with Crippen molar-refractivity contribution < 1.29 is 13.2 Å². The Morgan fingerprint density at radius 2 is 1.79 bits per heavy atom. The van der Waals surface area contributed by atoms with Crippen LogP contribution in [0.25, 0.3) is 0 Å². The zero-order valence-corrected chi connectivity index (χ0v) is 9.44. The van der Waals surface area contributed by atoms with Crippen LogP contribution in [0.15, 0.2) is 0 Å². The zero-order chi connectivity index (χ0) is 11.2. The molecule has 0 bridgehead atoms. The van der Waals surface area contributed by atoms with E-state index in [1.165, 1.54) is 0 Å². The highest BCUT2D eigenvalue weighted by Gasteiger charge is 2.52. The molecule has 0 aromatic rings. The molecule has 1 fully saturated rings. The molecular weight excluding hydrogens is 204 g/mol. The number of carbonyl (C=O) groups excluding carboxylic acids is 1. The van der Waals surface area contributed by atoms with Gasteiger partial charge in [-0.05, 0) is 33.6 Å². The van der Waals surface area contributed by atoms with Crippen molar-refractivity contribution in [2.45, 2.75) is 43.9 Å². The highest BCUT2D eigenvalue weighted by atomic mass is 32.2. The van der Waals surface area contributed by atoms with E-state index in [-0.39, 0.29) is 0 Å². The molecule has 1 amide bonds. The second kappa shape index (κ2) is 2.93. The Kier molecular flexibility index (Phi) is 2.40. The van der Waals surface area contributed by atoms with E-state index in [2.05, 4.69) is 4.72 Å². The summed E-state index contributed by atoms with van der Waals surface area (Å²) in [5.41, 5.74) is 4.11. The third-order valence-electron chi connectivity index (χ3n) is 2.36. The number of rotatable bonds is 3. The minimum absolute atomic E-state index is 0.498. The molecule has 1 rings (SSSR count). The van der Waals surface area contributed by atoms with Crippen LogP contribution in [0.5, 0.6) is 0 Å². The van der Waals surface area contributed by atoms with Crippen LogP contribution in [0.3, 0.4) is 0 Å². The topological polar surface area (TPSA) is 89.3 Å². The van der Waals surface area contributed by atoms with Gasteiger partial charge in [0.1, 0.15) is 5.54 Å². The molecular formula is C8H16N2O3S. The van der Waals surface area contributed by atoms with Crippen molar-refractivity contribution in [3.8, 4) is 0 Å². The molecule has 3 N–H and O–H groups in total. The van der Waals surface area contributed by atoms with Crippen molar-refractivity contribution in [3.63, 3.8) is 0 Å². The summed E-state index contributed by atoms with van der Waals surface area (Å²) in [6.45, 7) is 4.73. The molecule has 1 aliphatic rings. The van der Waals surface area contributed by atoms with E-state index in [9.17, 15) is 13.2 Å². The van der Waals surface area contributed by atoms with Gasteiger partial charge in [-0.15, -0.1) is 0 Å². The normalized spacial score (nSPS) is 20.5. The van der Waals surface area contributed by atoms with Gasteiger partial charge < -0.3 is 5.73 Å². The maximum atomic E-state index is 11.7. The maximum Gasteiger partial charge on any atom is 0.238 e. The summed E-state index contributed by atoms with van der Waals surface area (Å²) in [7, 11) is -3.49. The lowest BCUT2D eigenvalue weighted by atomic mass is 10.3. The number of carbonyl (C=O) groups is 1. The molecule has 0 aromatic carbocycles. The molecule has 82 valence electrons. The van der Waals surface area contributed by atoms with Crippen molar-refractivity contribution in [2.24, 2.45) is 5.73 Å². The Morgan fingerprint density at radius 3 is 2.00 bits per heavy atom. The SMILES string of the molecule is CC(C)(C)S(=O)(=O)NC1(C(N)=O)CC1. The van der Waals surface area contributed by atoms with E-state index in [1.807, 2.05) is 0 Å². The van der Waals surface area contributed by atoms with Crippen molar-refractivity contribution in [2.75, 3.05) is 0 Å². The lowest BCUT2D eigenvalue weighted by Gasteiger charge is -2.23. The Morgan fingerprint density at radius 1 is 1.36 bits per heavy atom. The third kappa shape index (κ3) is 1.90. The number of nitrogens with one attached hydrogen (secondary N) is 1. The quantitative estimate of drug-likeness (QED) is 0.685. The molecule has 14 heavy (non-hydrogen) atoms.